The number of ether oxygens (including phenoxy) is 1. The van der Waals surface area contributed by atoms with Crippen molar-refractivity contribution in [2.75, 3.05) is 6.61 Å². The summed E-state index contributed by atoms with van der Waals surface area (Å²) in [6, 6.07) is 9.76. The van der Waals surface area contributed by atoms with Gasteiger partial charge in [-0.3, -0.25) is 19.7 Å². The summed E-state index contributed by atoms with van der Waals surface area (Å²) in [4.78, 5) is 38.9. The van der Waals surface area contributed by atoms with Crippen LogP contribution in [0.5, 0.6) is 5.88 Å². The molecule has 1 atom stereocenters. The summed E-state index contributed by atoms with van der Waals surface area (Å²) < 4.78 is 5.02. The van der Waals surface area contributed by atoms with Gasteiger partial charge >= 0.3 is 17.1 Å². The number of nitro groups is 1. The van der Waals surface area contributed by atoms with Crippen LogP contribution in [0.15, 0.2) is 41.5 Å². The third-order valence-electron chi connectivity index (χ3n) is 3.43. The van der Waals surface area contributed by atoms with Crippen LogP contribution < -0.4 is 15.6 Å². The van der Waals surface area contributed by atoms with Crippen molar-refractivity contribution in [2.45, 2.75) is 25.8 Å². The predicted octanol–water partition coefficient (Wildman–Crippen LogP) is 1.19. The molecule has 0 radical (unpaired) electrons. The van der Waals surface area contributed by atoms with Gasteiger partial charge in [-0.25, -0.2) is 0 Å². The molecule has 2 rings (SSSR count). The number of aryl methyl sites for hydroxylation is 1. The average molecular weight is 346 g/mol. The first kappa shape index (κ1) is 18.1. The van der Waals surface area contributed by atoms with Gasteiger partial charge in [0, 0.05) is 6.04 Å². The van der Waals surface area contributed by atoms with Crippen LogP contribution in [0.25, 0.3) is 0 Å². The van der Waals surface area contributed by atoms with Crippen LogP contribution >= 0.6 is 0 Å². The molecule has 9 nitrogen and oxygen atoms in total. The molecule has 1 heterocycles. The van der Waals surface area contributed by atoms with Gasteiger partial charge in [0.25, 0.3) is 5.91 Å². The molecule has 0 unspecified atom stereocenters. The van der Waals surface area contributed by atoms with E-state index in [-0.39, 0.29) is 6.04 Å². The minimum absolute atomic E-state index is 0.0987. The molecule has 0 aliphatic heterocycles. The molecule has 0 bridgehead atoms. The summed E-state index contributed by atoms with van der Waals surface area (Å²) in [7, 11) is 0. The number of H-pyrrole nitrogens is 1. The van der Waals surface area contributed by atoms with Crippen molar-refractivity contribution < 1.29 is 14.5 Å². The average Bonchev–Trinajstić information content (AvgIpc) is 2.58. The van der Waals surface area contributed by atoms with E-state index in [9.17, 15) is 19.7 Å². The highest BCUT2D eigenvalue weighted by molar-refractivity contribution is 5.77. The molecule has 2 aromatic rings. The topological polar surface area (TPSA) is 127 Å². The first-order chi connectivity index (χ1) is 12.0. The Morgan fingerprint density at radius 2 is 2.12 bits per heavy atom. The number of hydrogen-bond acceptors (Lipinski definition) is 6. The number of carbonyl (C=O) groups is 1. The molecule has 2 N–H and O–H groups in total. The van der Waals surface area contributed by atoms with Gasteiger partial charge in [0.15, 0.2) is 6.61 Å². The maximum absolute atomic E-state index is 11.9. The third kappa shape index (κ3) is 5.41. The van der Waals surface area contributed by atoms with Crippen LogP contribution in [-0.2, 0) is 11.2 Å². The van der Waals surface area contributed by atoms with Crippen LogP contribution in [0.4, 0.5) is 5.69 Å². The second kappa shape index (κ2) is 8.57. The number of aromatic amines is 1. The van der Waals surface area contributed by atoms with E-state index in [4.69, 9.17) is 4.74 Å². The van der Waals surface area contributed by atoms with E-state index in [1.807, 2.05) is 37.3 Å². The van der Waals surface area contributed by atoms with E-state index in [0.29, 0.717) is 0 Å². The highest BCUT2D eigenvalue weighted by atomic mass is 16.6. The summed E-state index contributed by atoms with van der Waals surface area (Å²) in [6.45, 7) is 1.39. The van der Waals surface area contributed by atoms with Crippen molar-refractivity contribution in [1.29, 1.82) is 0 Å². The number of nitrogens with zero attached hydrogens (tertiary/aromatic N) is 2. The number of carbonyl (C=O) groups excluding carboxylic acids is 1. The quantitative estimate of drug-likeness (QED) is 0.546. The van der Waals surface area contributed by atoms with Gasteiger partial charge < -0.3 is 15.0 Å². The van der Waals surface area contributed by atoms with Crippen molar-refractivity contribution in [3.05, 3.63) is 62.7 Å². The van der Waals surface area contributed by atoms with Gasteiger partial charge in [-0.2, -0.15) is 4.98 Å². The van der Waals surface area contributed by atoms with E-state index in [2.05, 4.69) is 15.3 Å². The number of aromatic nitrogens is 2. The zero-order valence-corrected chi connectivity index (χ0v) is 13.6. The second-order valence-corrected chi connectivity index (χ2v) is 5.42. The molecule has 0 fully saturated rings. The molecule has 1 aromatic carbocycles. The molecule has 0 saturated heterocycles. The first-order valence-electron chi connectivity index (χ1n) is 7.65. The Kier molecular flexibility index (Phi) is 6.21. The van der Waals surface area contributed by atoms with E-state index < -0.39 is 34.6 Å². The molecule has 0 spiro atoms. The van der Waals surface area contributed by atoms with Crippen LogP contribution in [0.2, 0.25) is 0 Å². The molecule has 1 amide bonds. The number of amides is 1. The minimum Gasteiger partial charge on any atom is -0.463 e. The van der Waals surface area contributed by atoms with Crippen molar-refractivity contribution in [1.82, 2.24) is 15.3 Å². The van der Waals surface area contributed by atoms with Gasteiger partial charge in [-0.15, -0.1) is 0 Å². The lowest BCUT2D eigenvalue weighted by Crippen LogP contribution is -2.36. The molecule has 0 saturated carbocycles. The van der Waals surface area contributed by atoms with E-state index in [0.717, 1.165) is 19.2 Å². The summed E-state index contributed by atoms with van der Waals surface area (Å²) in [5.74, 6) is -0.933. The summed E-state index contributed by atoms with van der Waals surface area (Å²) in [5, 5.41) is 13.6. The van der Waals surface area contributed by atoms with Gasteiger partial charge in [0.1, 0.15) is 0 Å². The highest BCUT2D eigenvalue weighted by Gasteiger charge is 2.23. The Balaban J connectivity index is 1.84. The molecule has 25 heavy (non-hydrogen) atoms. The number of rotatable bonds is 8. The Morgan fingerprint density at radius 1 is 1.40 bits per heavy atom. The second-order valence-electron chi connectivity index (χ2n) is 5.42. The smallest absolute Gasteiger partial charge is 0.395 e. The van der Waals surface area contributed by atoms with Crippen molar-refractivity contribution in [3.63, 3.8) is 0 Å². The lowest BCUT2D eigenvalue weighted by molar-refractivity contribution is -0.387. The van der Waals surface area contributed by atoms with E-state index >= 15 is 0 Å². The summed E-state index contributed by atoms with van der Waals surface area (Å²) >= 11 is 0. The van der Waals surface area contributed by atoms with E-state index in [1.54, 1.807) is 0 Å². The van der Waals surface area contributed by atoms with Crippen LogP contribution in [0, 0.1) is 10.1 Å². The van der Waals surface area contributed by atoms with Gasteiger partial charge in [0.05, 0.1) is 11.3 Å². The Labute approximate surface area is 143 Å². The van der Waals surface area contributed by atoms with E-state index in [1.165, 1.54) is 5.56 Å². The van der Waals surface area contributed by atoms with Crippen molar-refractivity contribution in [2.24, 2.45) is 0 Å². The predicted molar refractivity (Wildman–Crippen MR) is 89.4 cm³/mol. The van der Waals surface area contributed by atoms with Crippen LogP contribution in [-0.4, -0.2) is 33.4 Å². The molecular weight excluding hydrogens is 328 g/mol. The van der Waals surface area contributed by atoms with Gasteiger partial charge in [0.2, 0.25) is 0 Å². The SMILES string of the molecule is C[C@@H](CCc1ccccc1)NC(=O)COc1nc[nH]c(=O)c1[N+](=O)[O-]. The monoisotopic (exact) mass is 346 g/mol. The normalized spacial score (nSPS) is 11.6. The van der Waals surface area contributed by atoms with Gasteiger partial charge in [-0.05, 0) is 25.3 Å². The standard InChI is InChI=1S/C16H18N4O5/c1-11(7-8-12-5-3-2-4-6-12)19-13(21)9-25-16-14(20(23)24)15(22)17-10-18-16/h2-6,10-11H,7-9H2,1H3,(H,19,21)(H,17,18,22)/t11-/m0/s1. The summed E-state index contributed by atoms with van der Waals surface area (Å²) in [5.41, 5.74) is -0.595. The first-order valence-corrected chi connectivity index (χ1v) is 7.65. The fraction of sp³-hybridized carbons (Fsp3) is 0.312. The molecule has 9 heteroatoms. The van der Waals surface area contributed by atoms with Crippen molar-refractivity contribution in [3.8, 4) is 5.88 Å². The summed E-state index contributed by atoms with van der Waals surface area (Å²) in [6.07, 6.45) is 2.52. The zero-order chi connectivity index (χ0) is 18.2. The molecule has 0 aliphatic carbocycles. The lowest BCUT2D eigenvalue weighted by atomic mass is 10.1. The van der Waals surface area contributed by atoms with Crippen molar-refractivity contribution >= 4 is 11.6 Å². The van der Waals surface area contributed by atoms with Gasteiger partial charge in [-0.1, -0.05) is 30.3 Å². The number of nitrogens with one attached hydrogen (secondary N) is 2. The Morgan fingerprint density at radius 3 is 2.80 bits per heavy atom. The molecule has 0 aliphatic rings. The number of benzene rings is 1. The fourth-order valence-electron chi connectivity index (χ4n) is 2.19. The Bertz CT molecular complexity index is 791. The fourth-order valence-corrected chi connectivity index (χ4v) is 2.19. The molecule has 1 aromatic heterocycles. The molecular formula is C16H18N4O5. The minimum atomic E-state index is -0.938. The molecule has 132 valence electrons. The van der Waals surface area contributed by atoms with Crippen LogP contribution in [0.3, 0.4) is 0 Å². The number of hydrogen-bond donors (Lipinski definition) is 2. The Hall–Kier alpha value is -3.23. The maximum atomic E-state index is 11.9. The zero-order valence-electron chi connectivity index (χ0n) is 13.6. The highest BCUT2D eigenvalue weighted by Crippen LogP contribution is 2.17. The largest absolute Gasteiger partial charge is 0.463 e. The van der Waals surface area contributed by atoms with Crippen LogP contribution in [0.1, 0.15) is 18.9 Å². The maximum Gasteiger partial charge on any atom is 0.395 e. The third-order valence-corrected chi connectivity index (χ3v) is 3.43. The lowest BCUT2D eigenvalue weighted by Gasteiger charge is -2.14.